The molecule has 0 fully saturated rings. The van der Waals surface area contributed by atoms with E-state index < -0.39 is 8.07 Å². The van der Waals surface area contributed by atoms with Gasteiger partial charge in [0.25, 0.3) is 0 Å². The Morgan fingerprint density at radius 1 is 1.35 bits per heavy atom. The SMILES string of the molecule is C[Si](C)(C)c1cn(Cc2nccc(Cl)n2)nn1. The first kappa shape index (κ1) is 12.2. The van der Waals surface area contributed by atoms with E-state index in [2.05, 4.69) is 39.9 Å². The van der Waals surface area contributed by atoms with Crippen molar-refractivity contribution in [2.24, 2.45) is 0 Å². The van der Waals surface area contributed by atoms with Gasteiger partial charge in [0.2, 0.25) is 0 Å². The summed E-state index contributed by atoms with van der Waals surface area (Å²) in [5, 5.41) is 9.81. The molecule has 0 aliphatic rings. The summed E-state index contributed by atoms with van der Waals surface area (Å²) in [7, 11) is -1.40. The predicted octanol–water partition coefficient (Wildman–Crippen LogP) is 1.31. The normalized spacial score (nSPS) is 11.8. The lowest BCUT2D eigenvalue weighted by Crippen LogP contribution is -2.38. The molecule has 0 bridgehead atoms. The number of hydrogen-bond acceptors (Lipinski definition) is 4. The van der Waals surface area contributed by atoms with Crippen LogP contribution in [-0.4, -0.2) is 33.0 Å². The summed E-state index contributed by atoms with van der Waals surface area (Å²) in [6.45, 7) is 7.20. The van der Waals surface area contributed by atoms with Crippen LogP contribution < -0.4 is 5.32 Å². The van der Waals surface area contributed by atoms with Gasteiger partial charge in [-0.05, 0) is 6.07 Å². The molecule has 0 aliphatic carbocycles. The molecule has 0 amide bonds. The number of aromatic nitrogens is 5. The van der Waals surface area contributed by atoms with E-state index in [0.29, 0.717) is 17.5 Å². The molecule has 2 rings (SSSR count). The fourth-order valence-corrected chi connectivity index (χ4v) is 2.35. The summed E-state index contributed by atoms with van der Waals surface area (Å²) in [6.07, 6.45) is 3.61. The molecule has 2 aromatic heterocycles. The summed E-state index contributed by atoms with van der Waals surface area (Å²) >= 11 is 5.80. The number of rotatable bonds is 3. The van der Waals surface area contributed by atoms with Crippen molar-refractivity contribution < 1.29 is 0 Å². The zero-order valence-electron chi connectivity index (χ0n) is 10.1. The monoisotopic (exact) mass is 267 g/mol. The molecule has 0 atom stereocenters. The molecule has 0 spiro atoms. The van der Waals surface area contributed by atoms with Gasteiger partial charge in [-0.1, -0.05) is 36.5 Å². The van der Waals surface area contributed by atoms with Crippen LogP contribution in [0.25, 0.3) is 0 Å². The van der Waals surface area contributed by atoms with Gasteiger partial charge in [0.15, 0.2) is 5.82 Å². The Balaban J connectivity index is 2.17. The Bertz CT molecular complexity index is 519. The third kappa shape index (κ3) is 3.10. The Hall–Kier alpha value is -1.27. The third-order valence-corrected chi connectivity index (χ3v) is 4.26. The van der Waals surface area contributed by atoms with Gasteiger partial charge in [0, 0.05) is 12.4 Å². The minimum absolute atomic E-state index is 0.445. The van der Waals surface area contributed by atoms with Gasteiger partial charge in [-0.2, -0.15) is 0 Å². The number of hydrogen-bond donors (Lipinski definition) is 0. The van der Waals surface area contributed by atoms with Crippen molar-refractivity contribution in [3.8, 4) is 0 Å². The van der Waals surface area contributed by atoms with Crippen LogP contribution >= 0.6 is 11.6 Å². The largest absolute Gasteiger partial charge is 0.245 e. The third-order valence-electron chi connectivity index (χ3n) is 2.28. The summed E-state index contributed by atoms with van der Waals surface area (Å²) in [4.78, 5) is 8.25. The number of halogens is 1. The van der Waals surface area contributed by atoms with Gasteiger partial charge in [-0.3, -0.25) is 0 Å². The fraction of sp³-hybridized carbons (Fsp3) is 0.400. The van der Waals surface area contributed by atoms with Gasteiger partial charge >= 0.3 is 0 Å². The molecule has 17 heavy (non-hydrogen) atoms. The minimum Gasteiger partial charge on any atom is -0.245 e. The highest BCUT2D eigenvalue weighted by molar-refractivity contribution is 6.88. The molecular formula is C10H14ClN5Si. The quantitative estimate of drug-likeness (QED) is 0.622. The lowest BCUT2D eigenvalue weighted by molar-refractivity contribution is 0.625. The molecule has 0 saturated carbocycles. The Kier molecular flexibility index (Phi) is 3.25. The van der Waals surface area contributed by atoms with E-state index in [1.807, 2.05) is 6.20 Å². The zero-order chi connectivity index (χ0) is 12.5. The summed E-state index contributed by atoms with van der Waals surface area (Å²) in [5.41, 5.74) is 0. The van der Waals surface area contributed by atoms with Crippen molar-refractivity contribution >= 4 is 25.0 Å². The molecule has 7 heteroatoms. The maximum absolute atomic E-state index is 5.80. The van der Waals surface area contributed by atoms with Crippen LogP contribution in [0.2, 0.25) is 24.8 Å². The van der Waals surface area contributed by atoms with E-state index in [-0.39, 0.29) is 0 Å². The second kappa shape index (κ2) is 4.54. The molecule has 2 aromatic rings. The van der Waals surface area contributed by atoms with Gasteiger partial charge in [0.1, 0.15) is 19.8 Å². The van der Waals surface area contributed by atoms with Crippen molar-refractivity contribution in [2.45, 2.75) is 26.2 Å². The van der Waals surface area contributed by atoms with Gasteiger partial charge in [-0.25, -0.2) is 14.6 Å². The maximum Gasteiger partial charge on any atom is 0.151 e. The second-order valence-corrected chi connectivity index (χ2v) is 10.2. The first-order chi connectivity index (χ1) is 7.95. The van der Waals surface area contributed by atoms with Crippen LogP contribution in [0.1, 0.15) is 5.82 Å². The lowest BCUT2D eigenvalue weighted by atomic mass is 10.5. The van der Waals surface area contributed by atoms with E-state index in [1.54, 1.807) is 16.9 Å². The topological polar surface area (TPSA) is 56.5 Å². The highest BCUT2D eigenvalue weighted by atomic mass is 35.5. The highest BCUT2D eigenvalue weighted by Crippen LogP contribution is 2.04. The van der Waals surface area contributed by atoms with Crippen LogP contribution in [0.15, 0.2) is 18.5 Å². The second-order valence-electron chi connectivity index (χ2n) is 4.85. The summed E-state index contributed by atoms with van der Waals surface area (Å²) in [6, 6.07) is 1.65. The summed E-state index contributed by atoms with van der Waals surface area (Å²) < 4.78 is 1.75. The van der Waals surface area contributed by atoms with Crippen molar-refractivity contribution in [3.63, 3.8) is 0 Å². The molecule has 0 aromatic carbocycles. The van der Waals surface area contributed by atoms with Gasteiger partial charge in [-0.15, -0.1) is 5.10 Å². The number of nitrogens with zero attached hydrogens (tertiary/aromatic N) is 5. The fourth-order valence-electron chi connectivity index (χ4n) is 1.31. The Morgan fingerprint density at radius 3 is 2.71 bits per heavy atom. The van der Waals surface area contributed by atoms with Crippen LogP contribution in [0.5, 0.6) is 0 Å². The van der Waals surface area contributed by atoms with Gasteiger partial charge in [0.05, 0.1) is 5.32 Å². The molecule has 0 saturated heterocycles. The van der Waals surface area contributed by atoms with E-state index >= 15 is 0 Å². The van der Waals surface area contributed by atoms with Gasteiger partial charge < -0.3 is 0 Å². The van der Waals surface area contributed by atoms with Crippen LogP contribution in [0.4, 0.5) is 0 Å². The van der Waals surface area contributed by atoms with Crippen molar-refractivity contribution in [3.05, 3.63) is 29.4 Å². The van der Waals surface area contributed by atoms with E-state index in [1.165, 1.54) is 0 Å². The lowest BCUT2D eigenvalue weighted by Gasteiger charge is -2.09. The molecule has 2 heterocycles. The van der Waals surface area contributed by atoms with E-state index in [9.17, 15) is 0 Å². The Morgan fingerprint density at radius 2 is 2.12 bits per heavy atom. The van der Waals surface area contributed by atoms with E-state index in [0.717, 1.165) is 5.32 Å². The van der Waals surface area contributed by atoms with Crippen LogP contribution in [0.3, 0.4) is 0 Å². The van der Waals surface area contributed by atoms with E-state index in [4.69, 9.17) is 11.6 Å². The van der Waals surface area contributed by atoms with Crippen LogP contribution in [0, 0.1) is 0 Å². The van der Waals surface area contributed by atoms with Crippen molar-refractivity contribution in [2.75, 3.05) is 0 Å². The minimum atomic E-state index is -1.40. The first-order valence-electron chi connectivity index (χ1n) is 5.33. The molecule has 0 radical (unpaired) electrons. The molecule has 90 valence electrons. The average Bonchev–Trinajstić information content (AvgIpc) is 2.65. The smallest absolute Gasteiger partial charge is 0.151 e. The maximum atomic E-state index is 5.80. The average molecular weight is 268 g/mol. The zero-order valence-corrected chi connectivity index (χ0v) is 11.8. The van der Waals surface area contributed by atoms with Crippen molar-refractivity contribution in [1.29, 1.82) is 0 Å². The van der Waals surface area contributed by atoms with Crippen molar-refractivity contribution in [1.82, 2.24) is 25.0 Å². The molecule has 0 unspecified atom stereocenters. The molecule has 0 N–H and O–H groups in total. The molecule has 5 nitrogen and oxygen atoms in total. The molecular weight excluding hydrogens is 254 g/mol. The Labute approximate surface area is 106 Å². The standard InChI is InChI=1S/C10H14ClN5Si/c1-17(2,3)10-7-16(15-14-10)6-9-12-5-4-8(11)13-9/h4-5,7H,6H2,1-3H3. The first-order valence-corrected chi connectivity index (χ1v) is 9.21. The summed E-state index contributed by atoms with van der Waals surface area (Å²) in [5.74, 6) is 0.643. The molecule has 0 aliphatic heterocycles. The predicted molar refractivity (Wildman–Crippen MR) is 69.1 cm³/mol. The van der Waals surface area contributed by atoms with Crippen LogP contribution in [-0.2, 0) is 6.54 Å². The highest BCUT2D eigenvalue weighted by Gasteiger charge is 2.20.